The van der Waals surface area contributed by atoms with Crippen LogP contribution in [0.5, 0.6) is 0 Å². The number of unbranched alkanes of at least 4 members (excludes halogenated alkanes) is 13. The predicted octanol–water partition coefficient (Wildman–Crippen LogP) is 1.02. The van der Waals surface area contributed by atoms with Gasteiger partial charge in [0.1, 0.15) is 66.5 Å². The first-order valence-corrected chi connectivity index (χ1v) is 37.9. The summed E-state index contributed by atoms with van der Waals surface area (Å²) in [5, 5.41) is 54.4. The minimum absolute atomic E-state index is 0.00357. The smallest absolute Gasteiger partial charge is 0.326 e. The van der Waals surface area contributed by atoms with E-state index in [9.17, 15) is 86.9 Å². The molecule has 0 aliphatic heterocycles. The van der Waals surface area contributed by atoms with Gasteiger partial charge in [0.25, 0.3) is 0 Å². The van der Waals surface area contributed by atoms with E-state index in [1.165, 1.54) is 86.0 Å². The second-order valence-electron chi connectivity index (χ2n) is 28.3. The van der Waals surface area contributed by atoms with Crippen molar-refractivity contribution in [1.82, 2.24) is 79.4 Å². The standard InChI is InChI=1S/C74H122N16O18/c1-13-15-16-17-18-19-20-21-22-23-24-25-26-34-56(91)85-54(36-50-38-76-52-32-28-27-31-51(50)52)70(103)83-48(11)67(100)82-47(10)66(99)81-46(9)65(98)80-45(8)64(97)79-40-58(93)77-39-57(92)78-41-59(94)86-55(37-60(95)96)71(104)90-63(44(7)14-2)73(106)87-53(33-29-30-35-75)69(102)88-61(42(3)4)72(105)84-49(12)68(101)89-62(43(5)6)74(107)108/h27-28,31-32,38,42-49,53-55,61-63,76H,13-26,29-30,33-37,39-41,75H2,1-12H3,(H,77,93)(H,78,92)(H,79,97)(H,80,98)(H,81,99)(H,82,100)(H,83,103)(H,84,105)(H,85,91)(H,86,94)(H,87,106)(H,88,102)(H,89,101)(H,90,104)(H,95,96)(H,107,108)/t44-,45-,46-,47-,48-,49-,53-,54-,55-,61-,62-,63-/m0/s1. The summed E-state index contributed by atoms with van der Waals surface area (Å²) in [4.78, 5) is 213. The van der Waals surface area contributed by atoms with Gasteiger partial charge in [-0.25, -0.2) is 4.79 Å². The molecule has 12 atom stereocenters. The number of nitrogens with one attached hydrogen (secondary N) is 15. The maximum atomic E-state index is 14.1. The molecule has 0 unspecified atom stereocenters. The number of aliphatic carboxylic acids is 2. The monoisotopic (exact) mass is 1520 g/mol. The molecule has 0 fully saturated rings. The predicted molar refractivity (Wildman–Crippen MR) is 403 cm³/mol. The third-order valence-electron chi connectivity index (χ3n) is 18.2. The van der Waals surface area contributed by atoms with E-state index >= 15 is 0 Å². The minimum Gasteiger partial charge on any atom is -0.481 e. The molecule has 0 aliphatic rings. The first-order chi connectivity index (χ1) is 51.0. The van der Waals surface area contributed by atoms with Crippen LogP contribution in [0.3, 0.4) is 0 Å². The molecule has 1 aromatic heterocycles. The summed E-state index contributed by atoms with van der Waals surface area (Å²) in [5.74, 6) is -16.0. The Kier molecular flexibility index (Phi) is 44.3. The number of carbonyl (C=O) groups excluding carboxylic acids is 14. The molecule has 0 bridgehead atoms. The number of amides is 14. The zero-order valence-electron chi connectivity index (χ0n) is 64.9. The highest BCUT2D eigenvalue weighted by atomic mass is 16.4. The molecule has 0 aliphatic carbocycles. The van der Waals surface area contributed by atoms with Crippen LogP contribution >= 0.6 is 0 Å². The Morgan fingerprint density at radius 2 is 0.815 bits per heavy atom. The Morgan fingerprint density at radius 1 is 0.398 bits per heavy atom. The van der Waals surface area contributed by atoms with Gasteiger partial charge in [-0.3, -0.25) is 71.9 Å². The number of benzene rings is 1. The topological polar surface area (TPSA) is 524 Å². The van der Waals surface area contributed by atoms with Crippen molar-refractivity contribution in [2.45, 2.75) is 278 Å². The zero-order valence-corrected chi connectivity index (χ0v) is 64.9. The highest BCUT2D eigenvalue weighted by Gasteiger charge is 2.37. The average molecular weight is 1520 g/mol. The summed E-state index contributed by atoms with van der Waals surface area (Å²) in [6.45, 7) is 16.5. The molecule has 34 nitrogen and oxygen atoms in total. The molecule has 0 saturated carbocycles. The van der Waals surface area contributed by atoms with E-state index in [2.05, 4.69) is 86.3 Å². The highest BCUT2D eigenvalue weighted by molar-refractivity contribution is 6.00. The van der Waals surface area contributed by atoms with Gasteiger partial charge in [-0.1, -0.05) is 150 Å². The van der Waals surface area contributed by atoms with Crippen LogP contribution in [-0.4, -0.2) is 202 Å². The van der Waals surface area contributed by atoms with Crippen molar-refractivity contribution in [3.05, 3.63) is 36.0 Å². The molecular formula is C74H122N16O18. The second-order valence-corrected chi connectivity index (χ2v) is 28.3. The minimum atomic E-state index is -1.82. The lowest BCUT2D eigenvalue weighted by molar-refractivity contribution is -0.143. The molecule has 34 heteroatoms. The summed E-state index contributed by atoms with van der Waals surface area (Å²) in [6, 6.07) is -6.78. The van der Waals surface area contributed by atoms with Crippen molar-refractivity contribution in [2.24, 2.45) is 23.5 Å². The lowest BCUT2D eigenvalue weighted by Crippen LogP contribution is -2.61. The summed E-state index contributed by atoms with van der Waals surface area (Å²) >= 11 is 0. The molecular weight excluding hydrogens is 1400 g/mol. The first-order valence-electron chi connectivity index (χ1n) is 37.9. The number of fused-ring (bicyclic) bond motifs is 1. The van der Waals surface area contributed by atoms with E-state index in [0.717, 1.165) is 42.1 Å². The van der Waals surface area contributed by atoms with Gasteiger partial charge >= 0.3 is 11.9 Å². The SMILES string of the molecule is CCCCCCCCCCCCCCCC(=O)N[C@@H](Cc1c[nH]c2ccccc12)C(=O)N[C@@H](C)C(=O)N[C@@H](C)C(=O)N[C@@H](C)C(=O)N[C@@H](C)C(=O)NCC(=O)NCC(=O)NCC(=O)N[C@@H](CC(=O)O)C(=O)N[C@H](C(=O)N[C@@H](CCCCN)C(=O)N[C@H](C(=O)N[C@@H](C)C(=O)N[C@H](C(=O)O)C(C)C)C(C)C)[C@@H](C)CC. The maximum absolute atomic E-state index is 14.1. The Hall–Kier alpha value is -9.76. The van der Waals surface area contributed by atoms with Gasteiger partial charge in [0, 0.05) is 29.9 Å². The first kappa shape index (κ1) is 94.3. The number of carboxylic acid groups (broad SMARTS) is 2. The van der Waals surface area contributed by atoms with E-state index in [0.29, 0.717) is 19.3 Å². The highest BCUT2D eigenvalue weighted by Crippen LogP contribution is 2.21. The number of hydrogen-bond donors (Lipinski definition) is 18. The molecule has 2 aromatic rings. The van der Waals surface area contributed by atoms with Crippen molar-refractivity contribution in [3.8, 4) is 0 Å². The molecule has 606 valence electrons. The molecule has 19 N–H and O–H groups in total. The Labute approximate surface area is 633 Å². The fraction of sp³-hybridized carbons (Fsp3) is 0.676. The van der Waals surface area contributed by atoms with Crippen molar-refractivity contribution >= 4 is 106 Å². The van der Waals surface area contributed by atoms with Gasteiger partial charge in [0.05, 0.1) is 26.1 Å². The van der Waals surface area contributed by atoms with Gasteiger partial charge in [0.15, 0.2) is 0 Å². The number of aromatic nitrogens is 1. The molecule has 108 heavy (non-hydrogen) atoms. The molecule has 0 saturated heterocycles. The quantitative estimate of drug-likeness (QED) is 0.0411. The van der Waals surface area contributed by atoms with Crippen LogP contribution in [0, 0.1) is 17.8 Å². The number of nitrogens with two attached hydrogens (primary N) is 1. The van der Waals surface area contributed by atoms with Crippen molar-refractivity contribution in [3.63, 3.8) is 0 Å². The molecule has 0 spiro atoms. The van der Waals surface area contributed by atoms with Crippen molar-refractivity contribution in [1.29, 1.82) is 0 Å². The number of aromatic amines is 1. The Morgan fingerprint density at radius 3 is 1.31 bits per heavy atom. The summed E-state index contributed by atoms with van der Waals surface area (Å²) in [6.07, 6.45) is 17.1. The van der Waals surface area contributed by atoms with Crippen LogP contribution in [0.1, 0.15) is 211 Å². The zero-order chi connectivity index (χ0) is 81.2. The van der Waals surface area contributed by atoms with Gasteiger partial charge in [-0.2, -0.15) is 0 Å². The maximum Gasteiger partial charge on any atom is 0.326 e. The van der Waals surface area contributed by atoms with Crippen LogP contribution in [0.4, 0.5) is 0 Å². The fourth-order valence-corrected chi connectivity index (χ4v) is 11.3. The van der Waals surface area contributed by atoms with E-state index in [-0.39, 0.29) is 38.1 Å². The van der Waals surface area contributed by atoms with Crippen LogP contribution < -0.4 is 80.2 Å². The fourth-order valence-electron chi connectivity index (χ4n) is 11.3. The molecule has 0 radical (unpaired) electrons. The van der Waals surface area contributed by atoms with Gasteiger partial charge < -0.3 is 95.4 Å². The summed E-state index contributed by atoms with van der Waals surface area (Å²) in [7, 11) is 0. The number of rotatable bonds is 54. The normalized spacial score (nSPS) is 14.5. The largest absolute Gasteiger partial charge is 0.481 e. The number of carbonyl (C=O) groups is 16. The summed E-state index contributed by atoms with van der Waals surface area (Å²) < 4.78 is 0. The number of H-pyrrole nitrogens is 1. The number of hydrogen-bond acceptors (Lipinski definition) is 17. The molecule has 2 rings (SSSR count). The molecule has 14 amide bonds. The Bertz CT molecular complexity index is 3310. The number of para-hydroxylation sites is 1. The van der Waals surface area contributed by atoms with Crippen LogP contribution in [0.15, 0.2) is 30.5 Å². The number of carboxylic acids is 2. The lowest BCUT2D eigenvalue weighted by Gasteiger charge is -2.29. The van der Waals surface area contributed by atoms with E-state index in [1.807, 2.05) is 24.3 Å². The van der Waals surface area contributed by atoms with Crippen LogP contribution in [0.2, 0.25) is 0 Å². The second kappa shape index (κ2) is 50.7. The lowest BCUT2D eigenvalue weighted by atomic mass is 9.96. The summed E-state index contributed by atoms with van der Waals surface area (Å²) in [5.41, 5.74) is 7.33. The van der Waals surface area contributed by atoms with Crippen LogP contribution in [0.25, 0.3) is 10.9 Å². The van der Waals surface area contributed by atoms with E-state index in [4.69, 9.17) is 5.73 Å². The molecule has 1 heterocycles. The Balaban J connectivity index is 1.92. The van der Waals surface area contributed by atoms with Crippen LogP contribution in [-0.2, 0) is 83.1 Å². The van der Waals surface area contributed by atoms with E-state index in [1.54, 1.807) is 47.7 Å². The van der Waals surface area contributed by atoms with Crippen molar-refractivity contribution < 1.29 is 86.9 Å². The van der Waals surface area contributed by atoms with E-state index < -0.39 is 199 Å². The average Bonchev–Trinajstić information content (AvgIpc) is 1.63. The van der Waals surface area contributed by atoms with Gasteiger partial charge in [-0.05, 0) is 96.2 Å². The van der Waals surface area contributed by atoms with Gasteiger partial charge in [-0.15, -0.1) is 0 Å². The van der Waals surface area contributed by atoms with Crippen molar-refractivity contribution in [2.75, 3.05) is 26.2 Å². The third kappa shape index (κ3) is 36.2. The molecule has 1 aromatic carbocycles. The van der Waals surface area contributed by atoms with Gasteiger partial charge in [0.2, 0.25) is 82.7 Å². The third-order valence-corrected chi connectivity index (χ3v) is 18.2.